The number of hydrogen-bond acceptors (Lipinski definition) is 5. The van der Waals surface area contributed by atoms with Crippen molar-refractivity contribution in [2.45, 2.75) is 11.8 Å². The van der Waals surface area contributed by atoms with Crippen LogP contribution in [0.3, 0.4) is 0 Å². The SMILES string of the molecule is CCOc1ccc(NS(=O)(=O)c2cc(C(=O)Nc3ccccn3)ccc2Cl)cc1. The Labute approximate surface area is 173 Å². The van der Waals surface area contributed by atoms with Crippen LogP contribution >= 0.6 is 11.6 Å². The van der Waals surface area contributed by atoms with Crippen molar-refractivity contribution in [2.75, 3.05) is 16.6 Å². The number of hydrogen-bond donors (Lipinski definition) is 2. The van der Waals surface area contributed by atoms with Gasteiger partial charge in [0.25, 0.3) is 15.9 Å². The first-order valence-corrected chi connectivity index (χ1v) is 10.5. The van der Waals surface area contributed by atoms with E-state index in [1.54, 1.807) is 42.5 Å². The minimum Gasteiger partial charge on any atom is -0.494 e. The first kappa shape index (κ1) is 20.6. The number of halogens is 1. The maximum atomic E-state index is 12.8. The second kappa shape index (κ2) is 8.93. The summed E-state index contributed by atoms with van der Waals surface area (Å²) in [4.78, 5) is 16.2. The van der Waals surface area contributed by atoms with Gasteiger partial charge in [-0.05, 0) is 61.5 Å². The highest BCUT2D eigenvalue weighted by Crippen LogP contribution is 2.26. The quantitative estimate of drug-likeness (QED) is 0.584. The Morgan fingerprint density at radius 1 is 1.10 bits per heavy atom. The molecule has 1 aromatic heterocycles. The van der Waals surface area contributed by atoms with Gasteiger partial charge in [0, 0.05) is 17.4 Å². The lowest BCUT2D eigenvalue weighted by atomic mass is 10.2. The van der Waals surface area contributed by atoms with Crippen LogP contribution in [0.15, 0.2) is 71.8 Å². The molecule has 0 aliphatic carbocycles. The molecule has 1 heterocycles. The maximum Gasteiger partial charge on any atom is 0.263 e. The number of rotatable bonds is 7. The first-order valence-electron chi connectivity index (χ1n) is 8.66. The Morgan fingerprint density at radius 2 is 1.86 bits per heavy atom. The molecule has 1 amide bonds. The molecule has 9 heteroatoms. The van der Waals surface area contributed by atoms with E-state index in [0.29, 0.717) is 23.9 Å². The monoisotopic (exact) mass is 431 g/mol. The van der Waals surface area contributed by atoms with Crippen LogP contribution in [0.25, 0.3) is 0 Å². The van der Waals surface area contributed by atoms with Gasteiger partial charge in [0.05, 0.1) is 11.6 Å². The van der Waals surface area contributed by atoms with Gasteiger partial charge in [0.1, 0.15) is 16.5 Å². The van der Waals surface area contributed by atoms with Gasteiger partial charge in [-0.25, -0.2) is 13.4 Å². The van der Waals surface area contributed by atoms with Crippen molar-refractivity contribution >= 4 is 39.0 Å². The molecule has 0 atom stereocenters. The third-order valence-electron chi connectivity index (χ3n) is 3.81. The summed E-state index contributed by atoms with van der Waals surface area (Å²) in [5.41, 5.74) is 0.472. The Hall–Kier alpha value is -3.10. The summed E-state index contributed by atoms with van der Waals surface area (Å²) < 4.78 is 33.4. The standard InChI is InChI=1S/C20H18ClN3O4S/c1-2-28-16-9-7-15(8-10-16)24-29(26,27)18-13-14(6-11-17(18)21)20(25)23-19-5-3-4-12-22-19/h3-13,24H,2H2,1H3,(H,22,23,25). The average Bonchev–Trinajstić information content (AvgIpc) is 2.70. The number of carbonyl (C=O) groups excluding carboxylic acids is 1. The van der Waals surface area contributed by atoms with Crippen molar-refractivity contribution in [1.82, 2.24) is 4.98 Å². The Bertz CT molecular complexity index is 1100. The summed E-state index contributed by atoms with van der Waals surface area (Å²) in [6.45, 7) is 2.36. The van der Waals surface area contributed by atoms with E-state index in [2.05, 4.69) is 15.0 Å². The van der Waals surface area contributed by atoms with Crippen LogP contribution in [-0.4, -0.2) is 25.9 Å². The van der Waals surface area contributed by atoms with Crippen LogP contribution in [0, 0.1) is 0 Å². The van der Waals surface area contributed by atoms with Gasteiger partial charge in [-0.1, -0.05) is 17.7 Å². The molecule has 0 saturated carbocycles. The van der Waals surface area contributed by atoms with Gasteiger partial charge < -0.3 is 10.1 Å². The number of benzene rings is 2. The zero-order chi connectivity index (χ0) is 20.9. The molecule has 0 aliphatic rings. The minimum atomic E-state index is -4.02. The number of nitrogens with one attached hydrogen (secondary N) is 2. The predicted molar refractivity (Wildman–Crippen MR) is 112 cm³/mol. The number of aromatic nitrogens is 1. The van der Waals surface area contributed by atoms with Crippen LogP contribution in [0.5, 0.6) is 5.75 Å². The van der Waals surface area contributed by atoms with E-state index in [9.17, 15) is 13.2 Å². The van der Waals surface area contributed by atoms with Gasteiger partial charge in [0.15, 0.2) is 0 Å². The fraction of sp³-hybridized carbons (Fsp3) is 0.100. The molecular formula is C20H18ClN3O4S. The average molecular weight is 432 g/mol. The Kier molecular flexibility index (Phi) is 6.36. The zero-order valence-corrected chi connectivity index (χ0v) is 17.0. The highest BCUT2D eigenvalue weighted by Gasteiger charge is 2.20. The smallest absolute Gasteiger partial charge is 0.263 e. The van der Waals surface area contributed by atoms with Crippen LogP contribution in [0.2, 0.25) is 5.02 Å². The molecule has 0 unspecified atom stereocenters. The number of pyridine rings is 1. The zero-order valence-electron chi connectivity index (χ0n) is 15.4. The molecule has 2 aromatic carbocycles. The van der Waals surface area contributed by atoms with E-state index in [-0.39, 0.29) is 15.5 Å². The van der Waals surface area contributed by atoms with Crippen molar-refractivity contribution in [1.29, 1.82) is 0 Å². The van der Waals surface area contributed by atoms with Gasteiger partial charge in [-0.3, -0.25) is 9.52 Å². The Balaban J connectivity index is 1.83. The number of ether oxygens (including phenoxy) is 1. The predicted octanol–water partition coefficient (Wildman–Crippen LogP) is 4.19. The van der Waals surface area contributed by atoms with Crippen LogP contribution in [0.4, 0.5) is 11.5 Å². The van der Waals surface area contributed by atoms with E-state index in [4.69, 9.17) is 16.3 Å². The summed E-state index contributed by atoms with van der Waals surface area (Å²) in [7, 11) is -4.02. The minimum absolute atomic E-state index is 0.00202. The van der Waals surface area contributed by atoms with Crippen molar-refractivity contribution in [3.05, 3.63) is 77.4 Å². The number of carbonyl (C=O) groups is 1. The molecule has 0 fully saturated rings. The second-order valence-corrected chi connectivity index (χ2v) is 7.94. The molecule has 0 aliphatic heterocycles. The van der Waals surface area contributed by atoms with Crippen LogP contribution in [0.1, 0.15) is 17.3 Å². The van der Waals surface area contributed by atoms with Crippen molar-refractivity contribution in [3.8, 4) is 5.75 Å². The molecule has 150 valence electrons. The largest absolute Gasteiger partial charge is 0.494 e. The third kappa shape index (κ3) is 5.24. The summed E-state index contributed by atoms with van der Waals surface area (Å²) in [6.07, 6.45) is 1.54. The molecule has 29 heavy (non-hydrogen) atoms. The molecule has 0 saturated heterocycles. The number of sulfonamides is 1. The van der Waals surface area contributed by atoms with Crippen molar-refractivity contribution in [3.63, 3.8) is 0 Å². The topological polar surface area (TPSA) is 97.4 Å². The van der Waals surface area contributed by atoms with Gasteiger partial charge in [0.2, 0.25) is 0 Å². The lowest BCUT2D eigenvalue weighted by Gasteiger charge is -2.12. The van der Waals surface area contributed by atoms with Gasteiger partial charge >= 0.3 is 0 Å². The molecule has 2 N–H and O–H groups in total. The highest BCUT2D eigenvalue weighted by molar-refractivity contribution is 7.92. The molecule has 0 radical (unpaired) electrons. The highest BCUT2D eigenvalue weighted by atomic mass is 35.5. The van der Waals surface area contributed by atoms with Crippen LogP contribution in [-0.2, 0) is 10.0 Å². The molecule has 0 spiro atoms. The normalized spacial score (nSPS) is 11.0. The number of amides is 1. The van der Waals surface area contributed by atoms with Gasteiger partial charge in [-0.15, -0.1) is 0 Å². The lowest BCUT2D eigenvalue weighted by Crippen LogP contribution is -2.16. The van der Waals surface area contributed by atoms with E-state index in [0.717, 1.165) is 0 Å². The molecule has 7 nitrogen and oxygen atoms in total. The molecule has 3 aromatic rings. The van der Waals surface area contributed by atoms with Gasteiger partial charge in [-0.2, -0.15) is 0 Å². The fourth-order valence-corrected chi connectivity index (χ4v) is 4.06. The van der Waals surface area contributed by atoms with Crippen molar-refractivity contribution < 1.29 is 17.9 Å². The number of nitrogens with zero attached hydrogens (tertiary/aromatic N) is 1. The molecule has 3 rings (SSSR count). The second-order valence-electron chi connectivity index (χ2n) is 5.88. The maximum absolute atomic E-state index is 12.8. The van der Waals surface area contributed by atoms with E-state index in [1.807, 2.05) is 6.92 Å². The molecular weight excluding hydrogens is 414 g/mol. The summed E-state index contributed by atoms with van der Waals surface area (Å²) >= 11 is 6.10. The third-order valence-corrected chi connectivity index (χ3v) is 5.67. The summed E-state index contributed by atoms with van der Waals surface area (Å²) in [5, 5.41) is 2.60. The first-order chi connectivity index (χ1) is 13.9. The van der Waals surface area contributed by atoms with E-state index < -0.39 is 15.9 Å². The molecule has 0 bridgehead atoms. The lowest BCUT2D eigenvalue weighted by molar-refractivity contribution is 0.102. The number of anilines is 2. The fourth-order valence-electron chi connectivity index (χ4n) is 2.47. The van der Waals surface area contributed by atoms with E-state index in [1.165, 1.54) is 24.4 Å². The summed E-state index contributed by atoms with van der Waals surface area (Å²) in [5.74, 6) is 0.476. The van der Waals surface area contributed by atoms with Crippen molar-refractivity contribution in [2.24, 2.45) is 0 Å². The van der Waals surface area contributed by atoms with E-state index >= 15 is 0 Å². The summed E-state index contributed by atoms with van der Waals surface area (Å²) in [6, 6.07) is 15.5. The Morgan fingerprint density at radius 3 is 2.52 bits per heavy atom. The van der Waals surface area contributed by atoms with Crippen LogP contribution < -0.4 is 14.8 Å².